The van der Waals surface area contributed by atoms with Gasteiger partial charge < -0.3 is 16.0 Å². The third kappa shape index (κ3) is 5.36. The van der Waals surface area contributed by atoms with Gasteiger partial charge in [0.05, 0.1) is 0 Å². The van der Waals surface area contributed by atoms with Gasteiger partial charge in [0.25, 0.3) is 0 Å². The highest BCUT2D eigenvalue weighted by Crippen LogP contribution is 2.10. The SMILES string of the molecule is CCNCc1cccc(NC(=O)NC(C)C)c1. The fourth-order valence-corrected chi connectivity index (χ4v) is 1.46. The molecule has 0 saturated heterocycles. The maximum atomic E-state index is 11.5. The normalized spacial score (nSPS) is 10.4. The Morgan fingerprint density at radius 1 is 1.35 bits per heavy atom. The second kappa shape index (κ2) is 6.91. The van der Waals surface area contributed by atoms with E-state index in [1.807, 2.05) is 38.1 Å². The molecular weight excluding hydrogens is 214 g/mol. The summed E-state index contributed by atoms with van der Waals surface area (Å²) in [6, 6.07) is 7.81. The van der Waals surface area contributed by atoms with E-state index < -0.39 is 0 Å². The van der Waals surface area contributed by atoms with Crippen LogP contribution < -0.4 is 16.0 Å². The van der Waals surface area contributed by atoms with E-state index in [9.17, 15) is 4.79 Å². The molecule has 0 heterocycles. The molecule has 0 unspecified atom stereocenters. The molecule has 0 bridgehead atoms. The lowest BCUT2D eigenvalue weighted by Gasteiger charge is -2.11. The highest BCUT2D eigenvalue weighted by Gasteiger charge is 2.03. The Labute approximate surface area is 103 Å². The van der Waals surface area contributed by atoms with Gasteiger partial charge in [-0.2, -0.15) is 0 Å². The molecule has 0 aliphatic rings. The average molecular weight is 235 g/mol. The maximum absolute atomic E-state index is 11.5. The molecule has 0 aliphatic heterocycles. The Morgan fingerprint density at radius 2 is 2.12 bits per heavy atom. The van der Waals surface area contributed by atoms with Crippen LogP contribution >= 0.6 is 0 Å². The minimum atomic E-state index is -0.166. The predicted octanol–water partition coefficient (Wildman–Crippen LogP) is 2.33. The summed E-state index contributed by atoms with van der Waals surface area (Å²) in [6.07, 6.45) is 0. The van der Waals surface area contributed by atoms with E-state index in [4.69, 9.17) is 0 Å². The first-order chi connectivity index (χ1) is 8.11. The fraction of sp³-hybridized carbons (Fsp3) is 0.462. The number of amides is 2. The minimum absolute atomic E-state index is 0.139. The molecule has 2 amide bonds. The van der Waals surface area contributed by atoms with E-state index >= 15 is 0 Å². The monoisotopic (exact) mass is 235 g/mol. The van der Waals surface area contributed by atoms with Gasteiger partial charge in [0.1, 0.15) is 0 Å². The van der Waals surface area contributed by atoms with Gasteiger partial charge >= 0.3 is 6.03 Å². The van der Waals surface area contributed by atoms with Crippen LogP contribution in [0.25, 0.3) is 0 Å². The zero-order chi connectivity index (χ0) is 12.7. The first-order valence-corrected chi connectivity index (χ1v) is 5.99. The lowest BCUT2D eigenvalue weighted by atomic mass is 10.2. The van der Waals surface area contributed by atoms with Crippen LogP contribution in [0.4, 0.5) is 10.5 Å². The Bertz CT molecular complexity index is 363. The minimum Gasteiger partial charge on any atom is -0.336 e. The molecule has 1 aromatic rings. The number of carbonyl (C=O) groups excluding carboxylic acids is 1. The number of anilines is 1. The van der Waals surface area contributed by atoms with Crippen LogP contribution in [0.5, 0.6) is 0 Å². The molecule has 17 heavy (non-hydrogen) atoms. The Balaban J connectivity index is 2.56. The molecule has 1 aromatic carbocycles. The first kappa shape index (κ1) is 13.5. The molecule has 4 nitrogen and oxygen atoms in total. The summed E-state index contributed by atoms with van der Waals surface area (Å²) < 4.78 is 0. The van der Waals surface area contributed by atoms with Crippen molar-refractivity contribution < 1.29 is 4.79 Å². The van der Waals surface area contributed by atoms with Gasteiger partial charge in [-0.1, -0.05) is 19.1 Å². The summed E-state index contributed by atoms with van der Waals surface area (Å²) in [7, 11) is 0. The van der Waals surface area contributed by atoms with E-state index in [0.717, 1.165) is 24.3 Å². The zero-order valence-corrected chi connectivity index (χ0v) is 10.7. The van der Waals surface area contributed by atoms with Gasteiger partial charge in [0.2, 0.25) is 0 Å². The summed E-state index contributed by atoms with van der Waals surface area (Å²) in [5.74, 6) is 0. The quantitative estimate of drug-likeness (QED) is 0.733. The summed E-state index contributed by atoms with van der Waals surface area (Å²) in [5.41, 5.74) is 1.98. The topological polar surface area (TPSA) is 53.2 Å². The van der Waals surface area contributed by atoms with Crippen LogP contribution in [0.15, 0.2) is 24.3 Å². The molecular formula is C13H21N3O. The Hall–Kier alpha value is -1.55. The van der Waals surface area contributed by atoms with Gasteiger partial charge in [-0.3, -0.25) is 0 Å². The van der Waals surface area contributed by atoms with E-state index in [0.29, 0.717) is 0 Å². The van der Waals surface area contributed by atoms with Crippen molar-refractivity contribution in [3.63, 3.8) is 0 Å². The van der Waals surface area contributed by atoms with Crippen LogP contribution in [0.2, 0.25) is 0 Å². The highest BCUT2D eigenvalue weighted by molar-refractivity contribution is 5.89. The predicted molar refractivity (Wildman–Crippen MR) is 71.1 cm³/mol. The Morgan fingerprint density at radius 3 is 2.76 bits per heavy atom. The third-order valence-corrected chi connectivity index (χ3v) is 2.18. The van der Waals surface area contributed by atoms with Crippen molar-refractivity contribution in [2.45, 2.75) is 33.4 Å². The molecule has 0 aromatic heterocycles. The van der Waals surface area contributed by atoms with Crippen molar-refractivity contribution in [1.82, 2.24) is 10.6 Å². The molecule has 0 radical (unpaired) electrons. The van der Waals surface area contributed by atoms with Crippen molar-refractivity contribution in [1.29, 1.82) is 0 Å². The van der Waals surface area contributed by atoms with Gasteiger partial charge in [-0.15, -0.1) is 0 Å². The second-order valence-corrected chi connectivity index (χ2v) is 4.23. The summed E-state index contributed by atoms with van der Waals surface area (Å²) in [5, 5.41) is 8.85. The largest absolute Gasteiger partial charge is 0.336 e. The molecule has 0 aliphatic carbocycles. The number of hydrogen-bond donors (Lipinski definition) is 3. The van der Waals surface area contributed by atoms with Crippen molar-refractivity contribution >= 4 is 11.7 Å². The van der Waals surface area contributed by atoms with Crippen molar-refractivity contribution in [2.75, 3.05) is 11.9 Å². The summed E-state index contributed by atoms with van der Waals surface area (Å²) >= 11 is 0. The van der Waals surface area contributed by atoms with Crippen LogP contribution in [0, 0.1) is 0 Å². The van der Waals surface area contributed by atoms with Crippen molar-refractivity contribution in [2.24, 2.45) is 0 Å². The van der Waals surface area contributed by atoms with Gasteiger partial charge in [-0.05, 0) is 38.1 Å². The molecule has 0 fully saturated rings. The van der Waals surface area contributed by atoms with E-state index in [2.05, 4.69) is 22.9 Å². The van der Waals surface area contributed by atoms with Gasteiger partial charge in [-0.25, -0.2) is 4.79 Å². The molecule has 94 valence electrons. The highest BCUT2D eigenvalue weighted by atomic mass is 16.2. The molecule has 4 heteroatoms. The Kier molecular flexibility index (Phi) is 5.49. The van der Waals surface area contributed by atoms with Crippen molar-refractivity contribution in [3.05, 3.63) is 29.8 Å². The van der Waals surface area contributed by atoms with E-state index in [1.54, 1.807) is 0 Å². The average Bonchev–Trinajstić information content (AvgIpc) is 2.25. The van der Waals surface area contributed by atoms with Crippen LogP contribution in [-0.2, 0) is 6.54 Å². The fourth-order valence-electron chi connectivity index (χ4n) is 1.46. The van der Waals surface area contributed by atoms with E-state index in [-0.39, 0.29) is 12.1 Å². The van der Waals surface area contributed by atoms with Gasteiger partial charge in [0, 0.05) is 18.3 Å². The second-order valence-electron chi connectivity index (χ2n) is 4.23. The van der Waals surface area contributed by atoms with Crippen LogP contribution in [0.3, 0.4) is 0 Å². The molecule has 3 N–H and O–H groups in total. The number of rotatable bonds is 5. The molecule has 1 rings (SSSR count). The molecule has 0 atom stereocenters. The first-order valence-electron chi connectivity index (χ1n) is 5.99. The number of carbonyl (C=O) groups is 1. The number of benzene rings is 1. The molecule has 0 saturated carbocycles. The number of nitrogens with one attached hydrogen (secondary N) is 3. The van der Waals surface area contributed by atoms with Crippen molar-refractivity contribution in [3.8, 4) is 0 Å². The van der Waals surface area contributed by atoms with E-state index in [1.165, 1.54) is 0 Å². The summed E-state index contributed by atoms with van der Waals surface area (Å²) in [6.45, 7) is 7.68. The standard InChI is InChI=1S/C13H21N3O/c1-4-14-9-11-6-5-7-12(8-11)16-13(17)15-10(2)3/h5-8,10,14H,4,9H2,1-3H3,(H2,15,16,17). The maximum Gasteiger partial charge on any atom is 0.319 e. The van der Waals surface area contributed by atoms with Crippen LogP contribution in [0.1, 0.15) is 26.3 Å². The van der Waals surface area contributed by atoms with Gasteiger partial charge in [0.15, 0.2) is 0 Å². The summed E-state index contributed by atoms with van der Waals surface area (Å²) in [4.78, 5) is 11.5. The lowest BCUT2D eigenvalue weighted by molar-refractivity contribution is 0.250. The van der Waals surface area contributed by atoms with Crippen LogP contribution in [-0.4, -0.2) is 18.6 Å². The number of urea groups is 1. The molecule has 0 spiro atoms. The zero-order valence-electron chi connectivity index (χ0n) is 10.7. The smallest absolute Gasteiger partial charge is 0.319 e. The lowest BCUT2D eigenvalue weighted by Crippen LogP contribution is -2.34. The third-order valence-electron chi connectivity index (χ3n) is 2.18. The number of hydrogen-bond acceptors (Lipinski definition) is 2.